The summed E-state index contributed by atoms with van der Waals surface area (Å²) in [5.41, 5.74) is 2.68. The van der Waals surface area contributed by atoms with Gasteiger partial charge in [-0.1, -0.05) is 0 Å². The van der Waals surface area contributed by atoms with E-state index in [4.69, 9.17) is 9.47 Å². The summed E-state index contributed by atoms with van der Waals surface area (Å²) < 4.78 is 13.0. The Morgan fingerprint density at radius 3 is 2.78 bits per heavy atom. The maximum absolute atomic E-state index is 13.2. The highest BCUT2D eigenvalue weighted by Crippen LogP contribution is 2.27. The van der Waals surface area contributed by atoms with Crippen LogP contribution in [0.3, 0.4) is 0 Å². The van der Waals surface area contributed by atoms with Crippen LogP contribution in [0.4, 0.5) is 5.82 Å². The van der Waals surface area contributed by atoms with Crippen molar-refractivity contribution in [1.29, 1.82) is 0 Å². The van der Waals surface area contributed by atoms with Crippen molar-refractivity contribution in [1.82, 2.24) is 29.9 Å². The zero-order valence-corrected chi connectivity index (χ0v) is 20.6. The first-order valence-corrected chi connectivity index (χ1v) is 12.1. The van der Waals surface area contributed by atoms with E-state index in [-0.39, 0.29) is 35.9 Å². The Kier molecular flexibility index (Phi) is 6.93. The first kappa shape index (κ1) is 24.2. The maximum Gasteiger partial charge on any atom is 0.257 e. The summed E-state index contributed by atoms with van der Waals surface area (Å²) in [5.74, 6) is 0.698. The van der Waals surface area contributed by atoms with Gasteiger partial charge in [0.05, 0.1) is 31.6 Å². The maximum atomic E-state index is 13.2. The minimum absolute atomic E-state index is 0.189. The topological polar surface area (TPSA) is 133 Å². The molecule has 11 heteroatoms. The Balaban J connectivity index is 1.35. The summed E-state index contributed by atoms with van der Waals surface area (Å²) in [6.45, 7) is 1.61. The number of anilines is 1. The molecule has 2 amide bonds. The minimum Gasteiger partial charge on any atom is -0.488 e. The molecule has 0 bridgehead atoms. The molecule has 5 rings (SSSR count). The number of hydrogen-bond acceptors (Lipinski definition) is 8. The number of methoxy groups -OCH3 is 1. The summed E-state index contributed by atoms with van der Waals surface area (Å²) in [4.78, 5) is 37.5. The van der Waals surface area contributed by atoms with Gasteiger partial charge in [0, 0.05) is 24.9 Å². The van der Waals surface area contributed by atoms with E-state index in [1.807, 2.05) is 12.1 Å². The van der Waals surface area contributed by atoms with Crippen LogP contribution in [0.25, 0.3) is 16.9 Å². The Labute approximate surface area is 213 Å². The molecule has 0 radical (unpaired) electrons. The summed E-state index contributed by atoms with van der Waals surface area (Å²) in [6, 6.07) is 8.92. The Morgan fingerprint density at radius 1 is 1.16 bits per heavy atom. The van der Waals surface area contributed by atoms with Crippen LogP contribution in [-0.2, 0) is 11.3 Å². The van der Waals surface area contributed by atoms with Gasteiger partial charge in [-0.3, -0.25) is 14.6 Å². The smallest absolute Gasteiger partial charge is 0.257 e. The van der Waals surface area contributed by atoms with Crippen LogP contribution in [0.15, 0.2) is 48.9 Å². The molecule has 4 aromatic rings. The molecule has 4 heterocycles. The van der Waals surface area contributed by atoms with E-state index in [2.05, 4.69) is 30.7 Å². The quantitative estimate of drug-likeness (QED) is 0.375. The molecule has 0 spiro atoms. The van der Waals surface area contributed by atoms with Gasteiger partial charge in [0.25, 0.3) is 5.91 Å². The summed E-state index contributed by atoms with van der Waals surface area (Å²) >= 11 is 0. The highest BCUT2D eigenvalue weighted by Gasteiger charge is 2.20. The Hall–Kier alpha value is -4.54. The summed E-state index contributed by atoms with van der Waals surface area (Å²) in [5, 5.41) is 10.1. The fourth-order valence-electron chi connectivity index (χ4n) is 4.30. The fraction of sp³-hybridized carbons (Fsp3) is 0.308. The SMILES string of the molecule is COc1ncc(-c2ccc3nc(NC(C)=O)cn3n2)cc1C(=O)NCc1ncccc1OC1CCCC1. The second kappa shape index (κ2) is 10.6. The fourth-order valence-corrected chi connectivity index (χ4v) is 4.30. The van der Waals surface area contributed by atoms with Gasteiger partial charge in [-0.2, -0.15) is 5.10 Å². The molecule has 11 nitrogen and oxygen atoms in total. The number of carbonyl (C=O) groups excluding carboxylic acids is 2. The number of imidazole rings is 1. The van der Waals surface area contributed by atoms with Gasteiger partial charge >= 0.3 is 0 Å². The lowest BCUT2D eigenvalue weighted by Gasteiger charge is -2.16. The Morgan fingerprint density at radius 2 is 2.00 bits per heavy atom. The number of carbonyl (C=O) groups is 2. The number of fused-ring (bicyclic) bond motifs is 1. The highest BCUT2D eigenvalue weighted by molar-refractivity contribution is 5.97. The van der Waals surface area contributed by atoms with Crippen LogP contribution < -0.4 is 20.1 Å². The molecule has 1 aliphatic rings. The van der Waals surface area contributed by atoms with Gasteiger partial charge in [0.15, 0.2) is 11.5 Å². The molecule has 2 N–H and O–H groups in total. The molecule has 37 heavy (non-hydrogen) atoms. The molecule has 1 saturated carbocycles. The molecule has 0 atom stereocenters. The zero-order chi connectivity index (χ0) is 25.8. The molecule has 1 aliphatic carbocycles. The molecular formula is C26H27N7O4. The third-order valence-electron chi connectivity index (χ3n) is 6.07. The Bertz CT molecular complexity index is 1450. The van der Waals surface area contributed by atoms with Crippen LogP contribution >= 0.6 is 0 Å². The minimum atomic E-state index is -0.361. The normalized spacial score (nSPS) is 13.5. The van der Waals surface area contributed by atoms with Crippen molar-refractivity contribution < 1.29 is 19.1 Å². The van der Waals surface area contributed by atoms with Crippen LogP contribution in [0.5, 0.6) is 11.6 Å². The first-order chi connectivity index (χ1) is 18.0. The van der Waals surface area contributed by atoms with Crippen molar-refractivity contribution in [2.24, 2.45) is 0 Å². The predicted octanol–water partition coefficient (Wildman–Crippen LogP) is 3.40. The highest BCUT2D eigenvalue weighted by atomic mass is 16.5. The van der Waals surface area contributed by atoms with Crippen LogP contribution in [0.2, 0.25) is 0 Å². The van der Waals surface area contributed by atoms with Gasteiger partial charge < -0.3 is 20.1 Å². The van der Waals surface area contributed by atoms with E-state index >= 15 is 0 Å². The van der Waals surface area contributed by atoms with E-state index < -0.39 is 0 Å². The number of rotatable bonds is 8. The lowest BCUT2D eigenvalue weighted by Crippen LogP contribution is -2.25. The van der Waals surface area contributed by atoms with Gasteiger partial charge in [-0.25, -0.2) is 14.5 Å². The number of nitrogens with one attached hydrogen (secondary N) is 2. The van der Waals surface area contributed by atoms with Crippen molar-refractivity contribution in [2.45, 2.75) is 45.3 Å². The van der Waals surface area contributed by atoms with Gasteiger partial charge in [0.1, 0.15) is 17.0 Å². The largest absolute Gasteiger partial charge is 0.488 e. The summed E-state index contributed by atoms with van der Waals surface area (Å²) in [7, 11) is 1.46. The third kappa shape index (κ3) is 5.50. The van der Waals surface area contributed by atoms with Crippen molar-refractivity contribution in [3.8, 4) is 22.9 Å². The first-order valence-electron chi connectivity index (χ1n) is 12.1. The predicted molar refractivity (Wildman–Crippen MR) is 135 cm³/mol. The number of ether oxygens (including phenoxy) is 2. The second-order valence-electron chi connectivity index (χ2n) is 8.76. The van der Waals surface area contributed by atoms with Crippen molar-refractivity contribution in [3.05, 3.63) is 60.2 Å². The number of pyridine rings is 2. The van der Waals surface area contributed by atoms with Gasteiger partial charge in [0.2, 0.25) is 11.8 Å². The molecule has 0 unspecified atom stereocenters. The van der Waals surface area contributed by atoms with Gasteiger partial charge in [-0.15, -0.1) is 0 Å². The van der Waals surface area contributed by atoms with E-state index in [1.165, 1.54) is 26.9 Å². The van der Waals surface area contributed by atoms with Crippen molar-refractivity contribution in [3.63, 3.8) is 0 Å². The molecule has 0 aliphatic heterocycles. The molecule has 0 saturated heterocycles. The molecule has 0 aromatic carbocycles. The lowest BCUT2D eigenvalue weighted by atomic mass is 10.1. The number of nitrogens with zero attached hydrogens (tertiary/aromatic N) is 5. The van der Waals surface area contributed by atoms with Crippen molar-refractivity contribution in [2.75, 3.05) is 12.4 Å². The standard InChI is InChI=1S/C26H27N7O4/c1-16(34)30-23-15-33-24(31-23)10-9-20(32-33)17-12-19(26(36-2)29-13-17)25(35)28-14-21-22(8-5-11-27-21)37-18-6-3-4-7-18/h5,8-13,15,18H,3-4,6-7,14H2,1-2H3,(H,28,35)(H,30,34). The van der Waals surface area contributed by atoms with Crippen LogP contribution in [0.1, 0.15) is 48.7 Å². The summed E-state index contributed by atoms with van der Waals surface area (Å²) in [6.07, 6.45) is 9.46. The average Bonchev–Trinajstić information content (AvgIpc) is 3.56. The van der Waals surface area contributed by atoms with E-state index in [1.54, 1.807) is 41.3 Å². The lowest BCUT2D eigenvalue weighted by molar-refractivity contribution is -0.114. The zero-order valence-electron chi connectivity index (χ0n) is 20.6. The van der Waals surface area contributed by atoms with Crippen molar-refractivity contribution >= 4 is 23.3 Å². The monoisotopic (exact) mass is 501 g/mol. The molecular weight excluding hydrogens is 474 g/mol. The van der Waals surface area contributed by atoms with E-state index in [0.717, 1.165) is 12.8 Å². The molecule has 190 valence electrons. The average molecular weight is 502 g/mol. The van der Waals surface area contributed by atoms with Crippen LogP contribution in [-0.4, -0.2) is 49.6 Å². The third-order valence-corrected chi connectivity index (χ3v) is 6.07. The van der Waals surface area contributed by atoms with Gasteiger partial charge in [-0.05, 0) is 56.0 Å². The number of aromatic nitrogens is 5. The van der Waals surface area contributed by atoms with E-state index in [9.17, 15) is 9.59 Å². The number of amides is 2. The molecule has 4 aromatic heterocycles. The number of hydrogen-bond donors (Lipinski definition) is 2. The second-order valence-corrected chi connectivity index (χ2v) is 8.76. The van der Waals surface area contributed by atoms with E-state index in [0.29, 0.717) is 34.2 Å². The molecule has 1 fully saturated rings. The van der Waals surface area contributed by atoms with Crippen LogP contribution in [0, 0.1) is 0 Å².